The number of anilines is 1. The van der Waals surface area contributed by atoms with Crippen LogP contribution in [0, 0.1) is 0 Å². The van der Waals surface area contributed by atoms with Gasteiger partial charge in [-0.3, -0.25) is 9.59 Å². The van der Waals surface area contributed by atoms with Crippen molar-refractivity contribution in [1.82, 2.24) is 5.32 Å². The highest BCUT2D eigenvalue weighted by atomic mass is 16.5. The molecule has 2 aromatic carbocycles. The number of benzene rings is 2. The fourth-order valence-corrected chi connectivity index (χ4v) is 2.45. The van der Waals surface area contributed by atoms with E-state index < -0.39 is 0 Å². The molecule has 0 radical (unpaired) electrons. The monoisotopic (exact) mass is 366 g/mol. The van der Waals surface area contributed by atoms with Crippen LogP contribution >= 0.6 is 0 Å². The second-order valence-corrected chi connectivity index (χ2v) is 5.98. The standard InChI is InChI=1S/C22H26N2O3/c1-3-5-16-23-22(26)19-8-6-7-9-20(19)24-21(25)15-12-17-10-13-18(14-11-17)27-4-2/h6-15H,3-5,16H2,1-2H3,(H,23,26)(H,24,25)/b15-12+. The number of nitrogens with one attached hydrogen (secondary N) is 2. The Hall–Kier alpha value is -3.08. The van der Waals surface area contributed by atoms with Crippen molar-refractivity contribution in [2.75, 3.05) is 18.5 Å². The van der Waals surface area contributed by atoms with E-state index in [2.05, 4.69) is 17.6 Å². The SMILES string of the molecule is CCCCNC(=O)c1ccccc1NC(=O)/C=C/c1ccc(OCC)cc1. The van der Waals surface area contributed by atoms with Gasteiger partial charge in [0, 0.05) is 12.6 Å². The van der Waals surface area contributed by atoms with Crippen molar-refractivity contribution in [2.24, 2.45) is 0 Å². The van der Waals surface area contributed by atoms with Gasteiger partial charge in [0.2, 0.25) is 5.91 Å². The Kier molecular flexibility index (Phi) is 8.10. The summed E-state index contributed by atoms with van der Waals surface area (Å²) in [5.74, 6) is 0.314. The summed E-state index contributed by atoms with van der Waals surface area (Å²) in [4.78, 5) is 24.5. The maximum atomic E-state index is 12.3. The van der Waals surface area contributed by atoms with Gasteiger partial charge in [0.15, 0.2) is 0 Å². The molecule has 2 N–H and O–H groups in total. The van der Waals surface area contributed by atoms with Gasteiger partial charge in [-0.25, -0.2) is 0 Å². The van der Waals surface area contributed by atoms with Crippen LogP contribution in [0.1, 0.15) is 42.6 Å². The summed E-state index contributed by atoms with van der Waals surface area (Å²) in [5.41, 5.74) is 1.84. The first-order chi connectivity index (χ1) is 13.1. The summed E-state index contributed by atoms with van der Waals surface area (Å²) in [6.07, 6.45) is 5.09. The molecular formula is C22H26N2O3. The largest absolute Gasteiger partial charge is 0.494 e. The summed E-state index contributed by atoms with van der Waals surface area (Å²) in [7, 11) is 0. The zero-order chi connectivity index (χ0) is 19.5. The molecule has 5 heteroatoms. The molecular weight excluding hydrogens is 340 g/mol. The molecule has 0 aromatic heterocycles. The second-order valence-electron chi connectivity index (χ2n) is 5.98. The molecule has 0 saturated carbocycles. The summed E-state index contributed by atoms with van der Waals surface area (Å²) in [6, 6.07) is 14.5. The molecule has 0 fully saturated rings. The third-order valence-corrected chi connectivity index (χ3v) is 3.86. The molecule has 2 amide bonds. The van der Waals surface area contributed by atoms with Crippen molar-refractivity contribution >= 4 is 23.6 Å². The van der Waals surface area contributed by atoms with Gasteiger partial charge in [-0.15, -0.1) is 0 Å². The van der Waals surface area contributed by atoms with Crippen LogP contribution < -0.4 is 15.4 Å². The second kappa shape index (κ2) is 10.8. The van der Waals surface area contributed by atoms with Gasteiger partial charge in [0.05, 0.1) is 17.9 Å². The highest BCUT2D eigenvalue weighted by Crippen LogP contribution is 2.16. The fourth-order valence-electron chi connectivity index (χ4n) is 2.45. The van der Waals surface area contributed by atoms with E-state index in [4.69, 9.17) is 4.74 Å². The molecule has 142 valence electrons. The van der Waals surface area contributed by atoms with Crippen LogP contribution in [0.3, 0.4) is 0 Å². The van der Waals surface area contributed by atoms with Gasteiger partial charge in [0.1, 0.15) is 5.75 Å². The van der Waals surface area contributed by atoms with E-state index in [1.807, 2.05) is 31.2 Å². The Labute approximate surface area is 160 Å². The summed E-state index contributed by atoms with van der Waals surface area (Å²) in [5, 5.41) is 5.64. The minimum Gasteiger partial charge on any atom is -0.494 e. The average molecular weight is 366 g/mol. The van der Waals surface area contributed by atoms with E-state index in [0.717, 1.165) is 24.2 Å². The normalized spacial score (nSPS) is 10.6. The Balaban J connectivity index is 1.99. The average Bonchev–Trinajstić information content (AvgIpc) is 2.68. The van der Waals surface area contributed by atoms with E-state index in [9.17, 15) is 9.59 Å². The predicted octanol–water partition coefficient (Wildman–Crippen LogP) is 4.27. The van der Waals surface area contributed by atoms with Gasteiger partial charge < -0.3 is 15.4 Å². The van der Waals surface area contributed by atoms with Crippen LogP contribution in [0.2, 0.25) is 0 Å². The molecule has 27 heavy (non-hydrogen) atoms. The van der Waals surface area contributed by atoms with Crippen LogP contribution in [0.4, 0.5) is 5.69 Å². The van der Waals surface area contributed by atoms with Crippen molar-refractivity contribution in [2.45, 2.75) is 26.7 Å². The quantitative estimate of drug-likeness (QED) is 0.514. The van der Waals surface area contributed by atoms with Crippen molar-refractivity contribution in [3.63, 3.8) is 0 Å². The Morgan fingerprint density at radius 1 is 1.04 bits per heavy atom. The molecule has 5 nitrogen and oxygen atoms in total. The van der Waals surface area contributed by atoms with E-state index in [1.54, 1.807) is 30.3 Å². The van der Waals surface area contributed by atoms with E-state index >= 15 is 0 Å². The Morgan fingerprint density at radius 2 is 1.78 bits per heavy atom. The molecule has 0 heterocycles. The number of hydrogen-bond donors (Lipinski definition) is 2. The number of carbonyl (C=O) groups is 2. The predicted molar refractivity (Wildman–Crippen MR) is 109 cm³/mol. The topological polar surface area (TPSA) is 67.4 Å². The third kappa shape index (κ3) is 6.62. The zero-order valence-corrected chi connectivity index (χ0v) is 15.8. The molecule has 0 unspecified atom stereocenters. The first-order valence-electron chi connectivity index (χ1n) is 9.23. The lowest BCUT2D eigenvalue weighted by Gasteiger charge is -2.10. The Bertz CT molecular complexity index is 782. The van der Waals surface area contributed by atoms with Crippen LogP contribution in [0.15, 0.2) is 54.6 Å². The van der Waals surface area contributed by atoms with Crippen LogP contribution in [0.5, 0.6) is 5.75 Å². The highest BCUT2D eigenvalue weighted by molar-refractivity contribution is 6.07. The summed E-state index contributed by atoms with van der Waals surface area (Å²) >= 11 is 0. The van der Waals surface area contributed by atoms with Gasteiger partial charge in [-0.1, -0.05) is 37.6 Å². The number of hydrogen-bond acceptors (Lipinski definition) is 3. The lowest BCUT2D eigenvalue weighted by molar-refractivity contribution is -0.111. The highest BCUT2D eigenvalue weighted by Gasteiger charge is 2.11. The molecule has 0 aliphatic heterocycles. The number of para-hydroxylation sites is 1. The molecule has 2 rings (SSSR count). The van der Waals surface area contributed by atoms with Crippen LogP contribution in [-0.4, -0.2) is 25.0 Å². The molecule has 0 saturated heterocycles. The van der Waals surface area contributed by atoms with Crippen LogP contribution in [0.25, 0.3) is 6.08 Å². The van der Waals surface area contributed by atoms with Crippen molar-refractivity contribution in [3.05, 3.63) is 65.7 Å². The van der Waals surface area contributed by atoms with Gasteiger partial charge in [0.25, 0.3) is 5.91 Å². The number of amides is 2. The minimum atomic E-state index is -0.294. The number of unbranched alkanes of at least 4 members (excludes halogenated alkanes) is 1. The van der Waals surface area contributed by atoms with Gasteiger partial charge in [-0.2, -0.15) is 0 Å². The smallest absolute Gasteiger partial charge is 0.253 e. The fraction of sp³-hybridized carbons (Fsp3) is 0.273. The number of ether oxygens (including phenoxy) is 1. The molecule has 0 atom stereocenters. The number of rotatable bonds is 9. The summed E-state index contributed by atoms with van der Waals surface area (Å²) in [6.45, 7) is 5.23. The zero-order valence-electron chi connectivity index (χ0n) is 15.8. The minimum absolute atomic E-state index is 0.185. The van der Waals surface area contributed by atoms with Crippen molar-refractivity contribution < 1.29 is 14.3 Å². The number of carbonyl (C=O) groups excluding carboxylic acids is 2. The summed E-state index contributed by atoms with van der Waals surface area (Å²) < 4.78 is 5.39. The lowest BCUT2D eigenvalue weighted by atomic mass is 10.1. The molecule has 2 aromatic rings. The Morgan fingerprint density at radius 3 is 2.48 bits per heavy atom. The first-order valence-corrected chi connectivity index (χ1v) is 9.23. The van der Waals surface area contributed by atoms with E-state index in [1.165, 1.54) is 6.08 Å². The van der Waals surface area contributed by atoms with Crippen molar-refractivity contribution in [3.8, 4) is 5.75 Å². The molecule has 0 bridgehead atoms. The third-order valence-electron chi connectivity index (χ3n) is 3.86. The lowest BCUT2D eigenvalue weighted by Crippen LogP contribution is -2.25. The van der Waals surface area contributed by atoms with Gasteiger partial charge >= 0.3 is 0 Å². The van der Waals surface area contributed by atoms with Crippen LogP contribution in [-0.2, 0) is 4.79 Å². The maximum absolute atomic E-state index is 12.3. The molecule has 0 aliphatic rings. The maximum Gasteiger partial charge on any atom is 0.253 e. The molecule has 0 spiro atoms. The van der Waals surface area contributed by atoms with Crippen molar-refractivity contribution in [1.29, 1.82) is 0 Å². The van der Waals surface area contributed by atoms with Gasteiger partial charge in [-0.05, 0) is 49.2 Å². The van der Waals surface area contributed by atoms with E-state index in [-0.39, 0.29) is 11.8 Å². The first kappa shape index (κ1) is 20.2. The van der Waals surface area contributed by atoms with E-state index in [0.29, 0.717) is 24.4 Å². The molecule has 0 aliphatic carbocycles.